The van der Waals surface area contributed by atoms with Crippen LogP contribution in [0.15, 0.2) is 109 Å². The van der Waals surface area contributed by atoms with Crippen LogP contribution >= 0.6 is 0 Å². The van der Waals surface area contributed by atoms with Gasteiger partial charge in [-0.3, -0.25) is 9.69 Å². The second kappa shape index (κ2) is 15.5. The molecular formula is C34H38N2O4. The molecule has 0 radical (unpaired) electrons. The molecule has 0 aliphatic rings. The molecule has 0 aliphatic heterocycles. The molecule has 0 bridgehead atoms. The highest BCUT2D eigenvalue weighted by molar-refractivity contribution is 5.76. The summed E-state index contributed by atoms with van der Waals surface area (Å²) in [6.07, 6.45) is 1.03. The number of aliphatic hydroxyl groups excluding tert-OH is 1. The first kappa shape index (κ1) is 28.9. The second-order valence-corrected chi connectivity index (χ2v) is 9.82. The van der Waals surface area contributed by atoms with Crippen LogP contribution in [-0.4, -0.2) is 48.8 Å². The van der Waals surface area contributed by atoms with Gasteiger partial charge in [0.05, 0.1) is 19.6 Å². The number of nitrogens with two attached hydrogens (primary N) is 1. The Morgan fingerprint density at radius 2 is 1.32 bits per heavy atom. The Hall–Kier alpha value is -4.13. The first-order valence-corrected chi connectivity index (χ1v) is 13.8. The molecule has 0 saturated carbocycles. The van der Waals surface area contributed by atoms with Crippen molar-refractivity contribution < 1.29 is 19.4 Å². The minimum Gasteiger partial charge on any atom is -0.494 e. The van der Waals surface area contributed by atoms with Crippen molar-refractivity contribution in [2.75, 3.05) is 32.9 Å². The first-order chi connectivity index (χ1) is 19.6. The minimum atomic E-state index is -0.356. The average Bonchev–Trinajstić information content (AvgIpc) is 2.98. The normalized spacial score (nSPS) is 11.1. The molecule has 6 heteroatoms. The quantitative estimate of drug-likeness (QED) is 0.192. The summed E-state index contributed by atoms with van der Waals surface area (Å²) in [7, 11) is 0. The van der Waals surface area contributed by atoms with E-state index in [0.29, 0.717) is 6.61 Å². The molecule has 0 unspecified atom stereocenters. The van der Waals surface area contributed by atoms with Crippen LogP contribution in [0.4, 0.5) is 0 Å². The van der Waals surface area contributed by atoms with Crippen LogP contribution in [0.5, 0.6) is 11.5 Å². The van der Waals surface area contributed by atoms with Gasteiger partial charge in [0.2, 0.25) is 5.91 Å². The van der Waals surface area contributed by atoms with Gasteiger partial charge < -0.3 is 20.3 Å². The molecule has 0 heterocycles. The highest BCUT2D eigenvalue weighted by Crippen LogP contribution is 2.27. The van der Waals surface area contributed by atoms with Gasteiger partial charge in [-0.25, -0.2) is 0 Å². The van der Waals surface area contributed by atoms with Gasteiger partial charge in [-0.05, 0) is 52.9 Å². The van der Waals surface area contributed by atoms with Crippen molar-refractivity contribution in [3.05, 3.63) is 131 Å². The van der Waals surface area contributed by atoms with Gasteiger partial charge in [0.15, 0.2) is 0 Å². The zero-order valence-corrected chi connectivity index (χ0v) is 22.8. The molecule has 4 rings (SSSR count). The van der Waals surface area contributed by atoms with Gasteiger partial charge in [-0.1, -0.05) is 84.9 Å². The summed E-state index contributed by atoms with van der Waals surface area (Å²) in [5.74, 6) is 1.35. The largest absolute Gasteiger partial charge is 0.494 e. The van der Waals surface area contributed by atoms with Crippen molar-refractivity contribution in [1.29, 1.82) is 0 Å². The fraction of sp³-hybridized carbons (Fsp3) is 0.265. The number of hydrogen-bond donors (Lipinski definition) is 2. The average molecular weight is 539 g/mol. The summed E-state index contributed by atoms with van der Waals surface area (Å²) in [5.41, 5.74) is 9.90. The van der Waals surface area contributed by atoms with Crippen LogP contribution in [0, 0.1) is 0 Å². The molecule has 0 aromatic heterocycles. The highest BCUT2D eigenvalue weighted by atomic mass is 16.5. The lowest BCUT2D eigenvalue weighted by Crippen LogP contribution is -2.30. The Morgan fingerprint density at radius 3 is 1.93 bits per heavy atom. The van der Waals surface area contributed by atoms with Crippen LogP contribution in [0.2, 0.25) is 0 Å². The number of carbonyl (C=O) groups excluding carboxylic acids is 1. The maximum absolute atomic E-state index is 11.3. The van der Waals surface area contributed by atoms with Crippen LogP contribution in [0.3, 0.4) is 0 Å². The maximum atomic E-state index is 11.3. The fourth-order valence-electron chi connectivity index (χ4n) is 4.85. The molecule has 6 nitrogen and oxygen atoms in total. The molecule has 40 heavy (non-hydrogen) atoms. The lowest BCUT2D eigenvalue weighted by Gasteiger charge is -2.29. The lowest BCUT2D eigenvalue weighted by atomic mass is 9.90. The summed E-state index contributed by atoms with van der Waals surface area (Å²) in [6, 6.07) is 36.9. The van der Waals surface area contributed by atoms with Crippen LogP contribution in [0.25, 0.3) is 0 Å². The predicted octanol–water partition coefficient (Wildman–Crippen LogP) is 5.19. The zero-order valence-electron chi connectivity index (χ0n) is 22.8. The topological polar surface area (TPSA) is 85.0 Å². The van der Waals surface area contributed by atoms with Crippen LogP contribution in [0.1, 0.15) is 34.6 Å². The fourth-order valence-corrected chi connectivity index (χ4v) is 4.85. The third-order valence-electron chi connectivity index (χ3n) is 6.67. The summed E-state index contributed by atoms with van der Waals surface area (Å²) in [4.78, 5) is 13.7. The van der Waals surface area contributed by atoms with Gasteiger partial charge >= 0.3 is 0 Å². The number of ether oxygens (including phenoxy) is 2. The molecular weight excluding hydrogens is 500 g/mol. The molecule has 0 atom stereocenters. The van der Waals surface area contributed by atoms with Crippen molar-refractivity contribution in [2.45, 2.75) is 25.3 Å². The number of hydrogen-bond acceptors (Lipinski definition) is 5. The van der Waals surface area contributed by atoms with Crippen molar-refractivity contribution in [3.63, 3.8) is 0 Å². The van der Waals surface area contributed by atoms with E-state index in [2.05, 4.69) is 71.6 Å². The Balaban J connectivity index is 1.48. The molecule has 0 fully saturated rings. The van der Waals surface area contributed by atoms with E-state index in [4.69, 9.17) is 20.3 Å². The van der Waals surface area contributed by atoms with Crippen molar-refractivity contribution in [1.82, 2.24) is 4.90 Å². The van der Waals surface area contributed by atoms with Gasteiger partial charge in [0.25, 0.3) is 0 Å². The Kier molecular flexibility index (Phi) is 11.2. The van der Waals surface area contributed by atoms with Crippen molar-refractivity contribution in [3.8, 4) is 11.5 Å². The van der Waals surface area contributed by atoms with E-state index in [9.17, 15) is 4.79 Å². The lowest BCUT2D eigenvalue weighted by molar-refractivity contribution is -0.117. The minimum absolute atomic E-state index is 0.0162. The smallest absolute Gasteiger partial charge is 0.221 e. The van der Waals surface area contributed by atoms with E-state index < -0.39 is 0 Å². The van der Waals surface area contributed by atoms with Gasteiger partial charge in [0.1, 0.15) is 18.1 Å². The Morgan fingerprint density at radius 1 is 0.750 bits per heavy atom. The van der Waals surface area contributed by atoms with E-state index in [1.807, 2.05) is 42.5 Å². The maximum Gasteiger partial charge on any atom is 0.221 e. The SMILES string of the molecule is NC(=O)Cc1cccc(OCCCN(Cc2cccc(OCCO)c2)CC(c2ccccc2)c2ccccc2)c1. The van der Waals surface area contributed by atoms with E-state index in [1.54, 1.807) is 0 Å². The number of carbonyl (C=O) groups is 1. The second-order valence-electron chi connectivity index (χ2n) is 9.82. The van der Waals surface area contributed by atoms with E-state index in [-0.39, 0.29) is 31.5 Å². The third-order valence-corrected chi connectivity index (χ3v) is 6.67. The molecule has 0 aliphatic carbocycles. The molecule has 4 aromatic rings. The highest BCUT2D eigenvalue weighted by Gasteiger charge is 2.19. The molecule has 0 spiro atoms. The summed E-state index contributed by atoms with van der Waals surface area (Å²) in [6.45, 7) is 3.23. The van der Waals surface area contributed by atoms with Crippen LogP contribution < -0.4 is 15.2 Å². The monoisotopic (exact) mass is 538 g/mol. The number of benzene rings is 4. The summed E-state index contributed by atoms with van der Waals surface area (Å²) in [5, 5.41) is 9.15. The Bertz CT molecular complexity index is 1270. The summed E-state index contributed by atoms with van der Waals surface area (Å²) >= 11 is 0. The Labute approximate surface area is 237 Å². The molecule has 4 aromatic carbocycles. The van der Waals surface area contributed by atoms with Gasteiger partial charge in [0, 0.05) is 25.6 Å². The first-order valence-electron chi connectivity index (χ1n) is 13.8. The number of primary amides is 1. The predicted molar refractivity (Wildman–Crippen MR) is 158 cm³/mol. The van der Waals surface area contributed by atoms with E-state index in [0.717, 1.165) is 48.7 Å². The van der Waals surface area contributed by atoms with E-state index >= 15 is 0 Å². The summed E-state index contributed by atoms with van der Waals surface area (Å²) < 4.78 is 11.7. The van der Waals surface area contributed by atoms with Gasteiger partial charge in [-0.2, -0.15) is 0 Å². The van der Waals surface area contributed by atoms with Crippen molar-refractivity contribution >= 4 is 5.91 Å². The molecule has 3 N–H and O–H groups in total. The molecule has 208 valence electrons. The zero-order chi connectivity index (χ0) is 28.0. The third kappa shape index (κ3) is 9.26. The van der Waals surface area contributed by atoms with Crippen LogP contribution in [-0.2, 0) is 17.8 Å². The number of aliphatic hydroxyl groups is 1. The standard InChI is InChI=1S/C34H38N2O4/c35-34(38)24-27-10-7-16-31(22-27)39-20-9-18-36(25-28-11-8-17-32(23-28)40-21-19-37)26-33(29-12-3-1-4-13-29)30-14-5-2-6-15-30/h1-8,10-17,22-23,33,37H,9,18-21,24-26H2,(H2,35,38). The number of rotatable bonds is 16. The van der Waals surface area contributed by atoms with E-state index in [1.165, 1.54) is 11.1 Å². The van der Waals surface area contributed by atoms with Gasteiger partial charge in [-0.15, -0.1) is 0 Å². The number of nitrogens with zero attached hydrogens (tertiary/aromatic N) is 1. The molecule has 0 saturated heterocycles. The van der Waals surface area contributed by atoms with Crippen molar-refractivity contribution in [2.24, 2.45) is 5.73 Å². The molecule has 1 amide bonds. The number of amides is 1.